The normalized spacial score (nSPS) is 11.0. The number of nitrogens with zero attached hydrogens (tertiary/aromatic N) is 2. The molecule has 1 N–H and O–H groups in total. The lowest BCUT2D eigenvalue weighted by Crippen LogP contribution is -2.20. The Kier molecular flexibility index (Phi) is 5.42. The fourth-order valence-corrected chi connectivity index (χ4v) is 3.29. The van der Waals surface area contributed by atoms with Crippen LogP contribution in [0, 0.1) is 33.1 Å². The van der Waals surface area contributed by atoms with Gasteiger partial charge in [0.25, 0.3) is 0 Å². The number of aryl methyl sites for hydroxylation is 2. The first kappa shape index (κ1) is 18.5. The number of fused-ring (bicyclic) bond motifs is 1. The average Bonchev–Trinajstić information content (AvgIpc) is 2.91. The van der Waals surface area contributed by atoms with E-state index >= 15 is 0 Å². The molecule has 0 radical (unpaired) electrons. The molecule has 1 heterocycles. The first-order valence-corrected chi connectivity index (χ1v) is 8.90. The van der Waals surface area contributed by atoms with Crippen LogP contribution < -0.4 is 5.43 Å². The van der Waals surface area contributed by atoms with E-state index in [0.29, 0.717) is 13.0 Å². The molecular formula is C23H23N3O. The van der Waals surface area contributed by atoms with E-state index in [1.807, 2.05) is 63.2 Å². The van der Waals surface area contributed by atoms with E-state index < -0.39 is 0 Å². The maximum atomic E-state index is 12.3. The number of carbonyl (C=O) groups is 1. The third-order valence-electron chi connectivity index (χ3n) is 4.77. The van der Waals surface area contributed by atoms with Gasteiger partial charge in [-0.25, -0.2) is 5.43 Å². The van der Waals surface area contributed by atoms with Gasteiger partial charge in [-0.2, -0.15) is 5.10 Å². The van der Waals surface area contributed by atoms with Crippen molar-refractivity contribution in [3.05, 3.63) is 70.4 Å². The molecule has 0 spiro atoms. The second kappa shape index (κ2) is 7.92. The van der Waals surface area contributed by atoms with Gasteiger partial charge in [0.15, 0.2) is 0 Å². The van der Waals surface area contributed by atoms with Crippen LogP contribution in [-0.2, 0) is 17.8 Å². The summed E-state index contributed by atoms with van der Waals surface area (Å²) in [4.78, 5) is 12.3. The number of hydrogen-bond donors (Lipinski definition) is 1. The van der Waals surface area contributed by atoms with E-state index in [2.05, 4.69) is 21.0 Å². The fraction of sp³-hybridized carbons (Fsp3) is 0.217. The highest BCUT2D eigenvalue weighted by atomic mass is 16.2. The van der Waals surface area contributed by atoms with Crippen LogP contribution in [0.3, 0.4) is 0 Å². The van der Waals surface area contributed by atoms with Gasteiger partial charge < -0.3 is 4.57 Å². The van der Waals surface area contributed by atoms with Crippen molar-refractivity contribution in [1.29, 1.82) is 0 Å². The SMILES string of the molecule is C#CCn1c(C)c(/C=N\NC(=O)Cc2cc(C)ccc2C)c2ccccc21. The highest BCUT2D eigenvalue weighted by molar-refractivity contribution is 6.01. The predicted octanol–water partition coefficient (Wildman–Crippen LogP) is 3.89. The zero-order chi connectivity index (χ0) is 19.4. The molecule has 0 aliphatic heterocycles. The van der Waals surface area contributed by atoms with Crippen LogP contribution in [0.5, 0.6) is 0 Å². The monoisotopic (exact) mass is 357 g/mol. The minimum Gasteiger partial charge on any atom is -0.333 e. The number of terminal acetylenes is 1. The highest BCUT2D eigenvalue weighted by Gasteiger charge is 2.11. The Hall–Kier alpha value is -3.32. The van der Waals surface area contributed by atoms with Gasteiger partial charge in [0, 0.05) is 22.2 Å². The van der Waals surface area contributed by atoms with Gasteiger partial charge in [0.05, 0.1) is 19.2 Å². The summed E-state index contributed by atoms with van der Waals surface area (Å²) in [6.07, 6.45) is 7.51. The maximum absolute atomic E-state index is 12.3. The van der Waals surface area contributed by atoms with Crippen LogP contribution in [0.25, 0.3) is 10.9 Å². The third-order valence-corrected chi connectivity index (χ3v) is 4.77. The summed E-state index contributed by atoms with van der Waals surface area (Å²) in [5.41, 5.74) is 8.97. The molecule has 0 fully saturated rings. The first-order chi connectivity index (χ1) is 13.0. The van der Waals surface area contributed by atoms with E-state index in [-0.39, 0.29) is 5.91 Å². The largest absolute Gasteiger partial charge is 0.333 e. The highest BCUT2D eigenvalue weighted by Crippen LogP contribution is 2.24. The van der Waals surface area contributed by atoms with Crippen molar-refractivity contribution in [2.45, 2.75) is 33.7 Å². The average molecular weight is 357 g/mol. The molecule has 0 bridgehead atoms. The van der Waals surface area contributed by atoms with Gasteiger partial charge in [-0.3, -0.25) is 4.79 Å². The summed E-state index contributed by atoms with van der Waals surface area (Å²) >= 11 is 0. The van der Waals surface area contributed by atoms with Gasteiger partial charge in [-0.15, -0.1) is 6.42 Å². The second-order valence-corrected chi connectivity index (χ2v) is 6.71. The standard InChI is InChI=1S/C23H23N3O/c1-5-12-26-18(4)21(20-8-6-7-9-22(20)26)15-24-25-23(27)14-19-13-16(2)10-11-17(19)3/h1,6-11,13,15H,12,14H2,2-4H3,(H,25,27)/b24-15-. The molecule has 2 aromatic carbocycles. The Morgan fingerprint density at radius 2 is 2.00 bits per heavy atom. The molecule has 0 saturated carbocycles. The molecule has 3 rings (SSSR count). The second-order valence-electron chi connectivity index (χ2n) is 6.71. The topological polar surface area (TPSA) is 46.4 Å². The van der Waals surface area contributed by atoms with E-state index in [0.717, 1.165) is 38.9 Å². The van der Waals surface area contributed by atoms with E-state index in [1.165, 1.54) is 0 Å². The molecule has 0 aliphatic carbocycles. The van der Waals surface area contributed by atoms with Crippen molar-refractivity contribution in [2.75, 3.05) is 0 Å². The number of rotatable bonds is 5. The molecule has 0 aliphatic rings. The molecule has 0 unspecified atom stereocenters. The molecule has 4 nitrogen and oxygen atoms in total. The van der Waals surface area contributed by atoms with E-state index in [4.69, 9.17) is 6.42 Å². The quantitative estimate of drug-likeness (QED) is 0.420. The molecule has 136 valence electrons. The van der Waals surface area contributed by atoms with Crippen LogP contribution >= 0.6 is 0 Å². The zero-order valence-electron chi connectivity index (χ0n) is 15.9. The third kappa shape index (κ3) is 3.93. The molecule has 3 aromatic rings. The van der Waals surface area contributed by atoms with Crippen LogP contribution in [0.2, 0.25) is 0 Å². The minimum atomic E-state index is -0.134. The lowest BCUT2D eigenvalue weighted by atomic mass is 10.0. The maximum Gasteiger partial charge on any atom is 0.244 e. The minimum absolute atomic E-state index is 0.134. The summed E-state index contributed by atoms with van der Waals surface area (Å²) in [7, 11) is 0. The molecule has 27 heavy (non-hydrogen) atoms. The molecular weight excluding hydrogens is 334 g/mol. The van der Waals surface area contributed by atoms with Gasteiger partial charge in [-0.05, 0) is 38.0 Å². The number of nitrogens with one attached hydrogen (secondary N) is 1. The van der Waals surface area contributed by atoms with Crippen LogP contribution in [0.4, 0.5) is 0 Å². The van der Waals surface area contributed by atoms with Gasteiger partial charge in [-0.1, -0.05) is 47.9 Å². The lowest BCUT2D eigenvalue weighted by molar-refractivity contribution is -0.120. The Morgan fingerprint density at radius 3 is 2.78 bits per heavy atom. The Balaban J connectivity index is 1.79. The molecule has 4 heteroatoms. The van der Waals surface area contributed by atoms with Crippen molar-refractivity contribution in [2.24, 2.45) is 5.10 Å². The fourth-order valence-electron chi connectivity index (χ4n) is 3.29. The molecule has 1 aromatic heterocycles. The summed E-state index contributed by atoms with van der Waals surface area (Å²) in [6, 6.07) is 14.2. The predicted molar refractivity (Wildman–Crippen MR) is 111 cm³/mol. The van der Waals surface area contributed by atoms with Gasteiger partial charge >= 0.3 is 0 Å². The number of para-hydroxylation sites is 1. The van der Waals surface area contributed by atoms with Crippen LogP contribution in [0.15, 0.2) is 47.6 Å². The summed E-state index contributed by atoms with van der Waals surface area (Å²) in [5, 5.41) is 5.25. The Labute approximate surface area is 159 Å². The molecule has 0 saturated heterocycles. The Bertz CT molecular complexity index is 1070. The van der Waals surface area contributed by atoms with E-state index in [9.17, 15) is 4.79 Å². The summed E-state index contributed by atoms with van der Waals surface area (Å²) in [5.74, 6) is 2.56. The smallest absolute Gasteiger partial charge is 0.244 e. The van der Waals surface area contributed by atoms with Crippen LogP contribution in [0.1, 0.15) is 27.9 Å². The number of aromatic nitrogens is 1. The Morgan fingerprint density at radius 1 is 1.22 bits per heavy atom. The van der Waals surface area contributed by atoms with Crippen molar-refractivity contribution < 1.29 is 4.79 Å². The number of amides is 1. The summed E-state index contributed by atoms with van der Waals surface area (Å²) < 4.78 is 2.08. The number of carbonyl (C=O) groups excluding carboxylic acids is 1. The summed E-state index contributed by atoms with van der Waals surface area (Å²) in [6.45, 7) is 6.54. The first-order valence-electron chi connectivity index (χ1n) is 8.90. The van der Waals surface area contributed by atoms with Crippen LogP contribution in [-0.4, -0.2) is 16.7 Å². The number of benzene rings is 2. The zero-order valence-corrected chi connectivity index (χ0v) is 15.9. The van der Waals surface area contributed by atoms with Crippen molar-refractivity contribution in [3.63, 3.8) is 0 Å². The van der Waals surface area contributed by atoms with Gasteiger partial charge in [0.2, 0.25) is 5.91 Å². The number of hydrogen-bond acceptors (Lipinski definition) is 2. The van der Waals surface area contributed by atoms with Crippen molar-refractivity contribution in [3.8, 4) is 12.3 Å². The van der Waals surface area contributed by atoms with Crippen molar-refractivity contribution >= 4 is 23.0 Å². The molecule has 1 amide bonds. The van der Waals surface area contributed by atoms with Crippen molar-refractivity contribution in [1.82, 2.24) is 9.99 Å². The lowest BCUT2D eigenvalue weighted by Gasteiger charge is -2.06. The molecule has 0 atom stereocenters. The van der Waals surface area contributed by atoms with E-state index in [1.54, 1.807) is 6.21 Å². The van der Waals surface area contributed by atoms with Gasteiger partial charge in [0.1, 0.15) is 0 Å². The number of hydrazone groups is 1.